The number of likely N-dealkylation sites (N-methyl/N-ethyl adjacent to an activating group) is 1. The minimum atomic E-state index is -0.614. The van der Waals surface area contributed by atoms with Crippen LogP contribution in [0.3, 0.4) is 0 Å². The van der Waals surface area contributed by atoms with Gasteiger partial charge in [0.25, 0.3) is 0 Å². The van der Waals surface area contributed by atoms with E-state index in [1.54, 1.807) is 23.3 Å². The average Bonchev–Trinajstić information content (AvgIpc) is 3.13. The quantitative estimate of drug-likeness (QED) is 0.619. The lowest BCUT2D eigenvalue weighted by Gasteiger charge is -2.31. The van der Waals surface area contributed by atoms with E-state index in [0.717, 1.165) is 23.8 Å². The molecule has 2 heterocycles. The van der Waals surface area contributed by atoms with Gasteiger partial charge in [-0.25, -0.2) is 9.78 Å². The molecule has 0 saturated carbocycles. The summed E-state index contributed by atoms with van der Waals surface area (Å²) in [5.74, 6) is 0.231. The minimum Gasteiger partial charge on any atom is -0.444 e. The molecule has 0 spiro atoms. The highest BCUT2D eigenvalue weighted by atomic mass is 32.1. The van der Waals surface area contributed by atoms with Gasteiger partial charge in [0.1, 0.15) is 12.1 Å². The maximum Gasteiger partial charge on any atom is 0.410 e. The summed E-state index contributed by atoms with van der Waals surface area (Å²) in [6.07, 6.45) is -0.465. The summed E-state index contributed by atoms with van der Waals surface area (Å²) in [6, 6.07) is 0. The molecule has 1 aliphatic rings. The predicted molar refractivity (Wildman–Crippen MR) is 118 cm³/mol. The Hall–Kier alpha value is -1.71. The van der Waals surface area contributed by atoms with Crippen molar-refractivity contribution in [2.45, 2.75) is 52.7 Å². The van der Waals surface area contributed by atoms with Gasteiger partial charge in [-0.05, 0) is 20.8 Å². The Labute approximate surface area is 184 Å². The summed E-state index contributed by atoms with van der Waals surface area (Å²) in [6.45, 7) is 14.3. The smallest absolute Gasteiger partial charge is 0.410 e. The van der Waals surface area contributed by atoms with E-state index in [4.69, 9.17) is 9.47 Å². The molecule has 0 N–H and O–H groups in total. The van der Waals surface area contributed by atoms with Gasteiger partial charge in [0, 0.05) is 44.5 Å². The second-order valence-electron chi connectivity index (χ2n) is 8.94. The molecule has 30 heavy (non-hydrogen) atoms. The van der Waals surface area contributed by atoms with Gasteiger partial charge in [0.05, 0.1) is 30.5 Å². The Bertz CT molecular complexity index is 695. The van der Waals surface area contributed by atoms with Gasteiger partial charge in [-0.3, -0.25) is 14.6 Å². The molecule has 1 fully saturated rings. The number of amides is 2. The molecule has 0 aromatic carbocycles. The molecule has 1 aromatic heterocycles. The monoisotopic (exact) mass is 440 g/mol. The number of nitrogens with zero attached hydrogens (tertiary/aromatic N) is 4. The molecule has 1 saturated heterocycles. The molecule has 0 aliphatic carbocycles. The van der Waals surface area contributed by atoms with Crippen molar-refractivity contribution < 1.29 is 19.1 Å². The molecule has 9 heteroatoms. The number of morpholine rings is 1. The third kappa shape index (κ3) is 8.20. The molecule has 0 atom stereocenters. The van der Waals surface area contributed by atoms with Crippen molar-refractivity contribution in [3.8, 4) is 0 Å². The van der Waals surface area contributed by atoms with Gasteiger partial charge in [-0.15, -0.1) is 11.3 Å². The van der Waals surface area contributed by atoms with Gasteiger partial charge in [0.15, 0.2) is 0 Å². The van der Waals surface area contributed by atoms with E-state index in [9.17, 15) is 9.59 Å². The lowest BCUT2D eigenvalue weighted by Crippen LogP contribution is -2.47. The van der Waals surface area contributed by atoms with Crippen LogP contribution in [-0.4, -0.2) is 90.3 Å². The molecule has 170 valence electrons. The molecular formula is C21H36N4O4S. The van der Waals surface area contributed by atoms with Crippen LogP contribution in [-0.2, 0) is 20.8 Å². The van der Waals surface area contributed by atoms with Gasteiger partial charge in [-0.2, -0.15) is 0 Å². The van der Waals surface area contributed by atoms with E-state index < -0.39 is 11.7 Å². The van der Waals surface area contributed by atoms with Crippen molar-refractivity contribution in [1.82, 2.24) is 19.7 Å². The van der Waals surface area contributed by atoms with Crippen molar-refractivity contribution in [3.63, 3.8) is 0 Å². The summed E-state index contributed by atoms with van der Waals surface area (Å²) in [5.41, 5.74) is 0.258. The number of hydrogen-bond donors (Lipinski definition) is 0. The zero-order valence-corrected chi connectivity index (χ0v) is 20.0. The molecule has 0 radical (unpaired) electrons. The van der Waals surface area contributed by atoms with Crippen LogP contribution in [0.5, 0.6) is 0 Å². The van der Waals surface area contributed by atoms with E-state index in [-0.39, 0.29) is 12.5 Å². The Balaban J connectivity index is 1.96. The number of hydrogen-bond acceptors (Lipinski definition) is 7. The number of aromatic nitrogens is 1. The first-order valence-corrected chi connectivity index (χ1v) is 11.4. The lowest BCUT2D eigenvalue weighted by molar-refractivity contribution is -0.131. The summed E-state index contributed by atoms with van der Waals surface area (Å²) in [4.78, 5) is 35.5. The number of rotatable bonds is 8. The van der Waals surface area contributed by atoms with E-state index in [1.165, 1.54) is 4.90 Å². The normalized spacial score (nSPS) is 15.3. The average molecular weight is 441 g/mol. The topological polar surface area (TPSA) is 75.2 Å². The Morgan fingerprint density at radius 3 is 2.53 bits per heavy atom. The van der Waals surface area contributed by atoms with E-state index in [2.05, 4.69) is 23.7 Å². The van der Waals surface area contributed by atoms with Crippen LogP contribution in [0.1, 0.15) is 51.2 Å². The first kappa shape index (κ1) is 24.6. The van der Waals surface area contributed by atoms with Crippen LogP contribution in [0.2, 0.25) is 0 Å². The van der Waals surface area contributed by atoms with Crippen LogP contribution in [0, 0.1) is 0 Å². The summed E-state index contributed by atoms with van der Waals surface area (Å²) >= 11 is 1.61. The third-order valence-electron chi connectivity index (χ3n) is 4.66. The van der Waals surface area contributed by atoms with Crippen LogP contribution in [0.25, 0.3) is 0 Å². The lowest BCUT2D eigenvalue weighted by atomic mass is 10.2. The van der Waals surface area contributed by atoms with Crippen LogP contribution in [0.15, 0.2) is 5.38 Å². The highest BCUT2D eigenvalue weighted by molar-refractivity contribution is 7.09. The van der Waals surface area contributed by atoms with Crippen LogP contribution >= 0.6 is 11.3 Å². The zero-order chi connectivity index (χ0) is 22.3. The molecule has 0 bridgehead atoms. The van der Waals surface area contributed by atoms with Crippen molar-refractivity contribution in [1.29, 1.82) is 0 Å². The van der Waals surface area contributed by atoms with Gasteiger partial charge < -0.3 is 14.4 Å². The Morgan fingerprint density at radius 1 is 1.30 bits per heavy atom. The zero-order valence-electron chi connectivity index (χ0n) is 19.1. The van der Waals surface area contributed by atoms with Crippen molar-refractivity contribution in [3.05, 3.63) is 16.1 Å². The molecule has 2 rings (SSSR count). The summed E-state index contributed by atoms with van der Waals surface area (Å²) in [5, 5.41) is 3.05. The largest absolute Gasteiger partial charge is 0.444 e. The first-order chi connectivity index (χ1) is 14.0. The van der Waals surface area contributed by atoms with E-state index in [0.29, 0.717) is 38.8 Å². The van der Waals surface area contributed by atoms with Crippen LogP contribution in [0.4, 0.5) is 4.79 Å². The number of carbonyl (C=O) groups excluding carboxylic acids is 2. The second-order valence-corrected chi connectivity index (χ2v) is 9.83. The molecule has 0 unspecified atom stereocenters. The third-order valence-corrected chi connectivity index (χ3v) is 5.85. The first-order valence-electron chi connectivity index (χ1n) is 10.5. The highest BCUT2D eigenvalue weighted by Crippen LogP contribution is 2.20. The van der Waals surface area contributed by atoms with Crippen molar-refractivity contribution in [2.24, 2.45) is 0 Å². The number of ether oxygens (including phenoxy) is 2. The summed E-state index contributed by atoms with van der Waals surface area (Å²) < 4.78 is 10.9. The fourth-order valence-electron chi connectivity index (χ4n) is 2.92. The van der Waals surface area contributed by atoms with E-state index in [1.807, 2.05) is 26.2 Å². The maximum absolute atomic E-state index is 12.8. The summed E-state index contributed by atoms with van der Waals surface area (Å²) in [7, 11) is 1.74. The second kappa shape index (κ2) is 11.1. The predicted octanol–water partition coefficient (Wildman–Crippen LogP) is 2.79. The Kier molecular flexibility index (Phi) is 9.06. The van der Waals surface area contributed by atoms with Gasteiger partial charge >= 0.3 is 6.09 Å². The Morgan fingerprint density at radius 2 is 1.97 bits per heavy atom. The van der Waals surface area contributed by atoms with E-state index >= 15 is 0 Å². The van der Waals surface area contributed by atoms with Crippen molar-refractivity contribution >= 4 is 23.3 Å². The maximum atomic E-state index is 12.8. The van der Waals surface area contributed by atoms with Gasteiger partial charge in [-0.1, -0.05) is 13.8 Å². The fourth-order valence-corrected chi connectivity index (χ4v) is 3.75. The number of thiazole rings is 1. The molecular weight excluding hydrogens is 404 g/mol. The molecule has 8 nitrogen and oxygen atoms in total. The molecule has 2 amide bonds. The highest BCUT2D eigenvalue weighted by Gasteiger charge is 2.26. The number of carbonyl (C=O) groups is 2. The van der Waals surface area contributed by atoms with Crippen molar-refractivity contribution in [2.75, 3.05) is 53.0 Å². The van der Waals surface area contributed by atoms with Crippen LogP contribution < -0.4 is 0 Å². The fraction of sp³-hybridized carbons (Fsp3) is 0.762. The molecule has 1 aliphatic heterocycles. The minimum absolute atomic E-state index is 0.0169. The standard InChI is InChI=1S/C21H36N4O4S/c1-16(2)19-22-17(15-30-19)13-23(6)18(26)14-25(20(27)29-21(3,4)5)8-7-24-9-11-28-12-10-24/h15-16H,7-14H2,1-6H3. The molecule has 1 aromatic rings. The SMILES string of the molecule is CC(C)c1nc(CN(C)C(=O)CN(CCN2CCOCC2)C(=O)OC(C)(C)C)cs1. The van der Waals surface area contributed by atoms with Gasteiger partial charge in [0.2, 0.25) is 5.91 Å².